The summed E-state index contributed by atoms with van der Waals surface area (Å²) in [6.45, 7) is 2.11. The predicted molar refractivity (Wildman–Crippen MR) is 61.9 cm³/mol. The summed E-state index contributed by atoms with van der Waals surface area (Å²) < 4.78 is 1.83. The Hall–Kier alpha value is -1.84. The van der Waals surface area contributed by atoms with Crippen LogP contribution in [0.4, 0.5) is 0 Å². The Bertz CT molecular complexity index is 459. The Labute approximate surface area is 94.4 Å². The Morgan fingerprint density at radius 2 is 2.44 bits per heavy atom. The lowest BCUT2D eigenvalue weighted by Crippen LogP contribution is -2.31. The van der Waals surface area contributed by atoms with Crippen molar-refractivity contribution in [3.8, 4) is 0 Å². The molecule has 4 nitrogen and oxygen atoms in total. The van der Waals surface area contributed by atoms with Gasteiger partial charge in [0.2, 0.25) is 0 Å². The minimum atomic E-state index is -0.437. The molecule has 1 aromatic heterocycles. The number of primary amides is 1. The average molecular weight is 217 g/mol. The number of carbonyl (C=O) groups is 1. The monoisotopic (exact) mass is 217 g/mol. The fraction of sp³-hybridized carbons (Fsp3) is 0.333. The smallest absolute Gasteiger partial charge is 0.251 e. The van der Waals surface area contributed by atoms with Gasteiger partial charge < -0.3 is 5.73 Å². The molecule has 1 amide bonds. The Balaban J connectivity index is 2.37. The maximum absolute atomic E-state index is 11.0. The maximum atomic E-state index is 11.0. The van der Waals surface area contributed by atoms with Gasteiger partial charge >= 0.3 is 0 Å². The molecule has 1 aromatic rings. The van der Waals surface area contributed by atoms with Crippen molar-refractivity contribution in [3.05, 3.63) is 42.3 Å². The molecular weight excluding hydrogens is 202 g/mol. The molecule has 1 heterocycles. The van der Waals surface area contributed by atoms with Gasteiger partial charge in [-0.05, 0) is 12.8 Å². The van der Waals surface area contributed by atoms with E-state index < -0.39 is 5.91 Å². The lowest BCUT2D eigenvalue weighted by molar-refractivity contribution is 0.1000. The van der Waals surface area contributed by atoms with E-state index in [-0.39, 0.29) is 5.54 Å². The van der Waals surface area contributed by atoms with Crippen molar-refractivity contribution < 1.29 is 4.79 Å². The number of carbonyl (C=O) groups excluding carboxylic acids is 1. The highest BCUT2D eigenvalue weighted by Crippen LogP contribution is 2.29. The van der Waals surface area contributed by atoms with Gasteiger partial charge in [-0.15, -0.1) is 0 Å². The zero-order valence-corrected chi connectivity index (χ0v) is 9.26. The number of nitrogens with zero attached hydrogens (tertiary/aromatic N) is 2. The van der Waals surface area contributed by atoms with Crippen molar-refractivity contribution in [3.63, 3.8) is 0 Å². The first-order valence-corrected chi connectivity index (χ1v) is 5.37. The highest BCUT2D eigenvalue weighted by molar-refractivity contribution is 5.92. The van der Waals surface area contributed by atoms with Crippen molar-refractivity contribution >= 4 is 5.91 Å². The van der Waals surface area contributed by atoms with Crippen LogP contribution < -0.4 is 5.73 Å². The fourth-order valence-electron chi connectivity index (χ4n) is 1.94. The van der Waals surface area contributed by atoms with Gasteiger partial charge in [-0.2, -0.15) is 5.10 Å². The molecule has 1 aliphatic rings. The summed E-state index contributed by atoms with van der Waals surface area (Å²) in [5.74, 6) is -0.437. The van der Waals surface area contributed by atoms with E-state index in [4.69, 9.17) is 5.73 Å². The summed E-state index contributed by atoms with van der Waals surface area (Å²) in [6, 6.07) is 0. The van der Waals surface area contributed by atoms with Crippen LogP contribution in [0.15, 0.2) is 36.7 Å². The minimum Gasteiger partial charge on any atom is -0.366 e. The van der Waals surface area contributed by atoms with Gasteiger partial charge in [-0.3, -0.25) is 9.48 Å². The van der Waals surface area contributed by atoms with Crippen LogP contribution in [-0.4, -0.2) is 15.7 Å². The highest BCUT2D eigenvalue weighted by atomic mass is 16.1. The molecule has 0 aliphatic heterocycles. The van der Waals surface area contributed by atoms with Gasteiger partial charge in [0, 0.05) is 6.20 Å². The lowest BCUT2D eigenvalue weighted by atomic mass is 9.89. The van der Waals surface area contributed by atoms with Crippen LogP contribution >= 0.6 is 0 Å². The molecule has 84 valence electrons. The third-order valence-corrected chi connectivity index (χ3v) is 3.06. The first-order valence-electron chi connectivity index (χ1n) is 5.37. The van der Waals surface area contributed by atoms with Gasteiger partial charge in [0.1, 0.15) is 0 Å². The van der Waals surface area contributed by atoms with Crippen LogP contribution in [0.25, 0.3) is 0 Å². The van der Waals surface area contributed by atoms with Crippen LogP contribution in [-0.2, 0) is 5.54 Å². The molecule has 2 N–H and O–H groups in total. The molecule has 1 unspecified atom stereocenters. The molecule has 0 spiro atoms. The van der Waals surface area contributed by atoms with Gasteiger partial charge in [0.15, 0.2) is 0 Å². The third-order valence-electron chi connectivity index (χ3n) is 3.06. The van der Waals surface area contributed by atoms with Crippen molar-refractivity contribution in [2.75, 3.05) is 0 Å². The number of hydrogen-bond donors (Lipinski definition) is 1. The molecule has 1 atom stereocenters. The lowest BCUT2D eigenvalue weighted by Gasteiger charge is -2.30. The molecule has 2 rings (SSSR count). The van der Waals surface area contributed by atoms with Crippen molar-refractivity contribution in [2.24, 2.45) is 5.73 Å². The van der Waals surface area contributed by atoms with Gasteiger partial charge in [0.05, 0.1) is 17.3 Å². The zero-order valence-electron chi connectivity index (χ0n) is 9.26. The van der Waals surface area contributed by atoms with E-state index in [2.05, 4.69) is 24.2 Å². The first-order chi connectivity index (χ1) is 7.68. The molecule has 4 heteroatoms. The number of rotatable bonds is 3. The van der Waals surface area contributed by atoms with Crippen LogP contribution in [0.2, 0.25) is 0 Å². The Morgan fingerprint density at radius 3 is 2.94 bits per heavy atom. The topological polar surface area (TPSA) is 60.9 Å². The van der Waals surface area contributed by atoms with Crippen LogP contribution in [0.5, 0.6) is 0 Å². The van der Waals surface area contributed by atoms with Crippen molar-refractivity contribution in [1.82, 2.24) is 9.78 Å². The molecular formula is C12H15N3O. The normalized spacial score (nSPS) is 23.6. The summed E-state index contributed by atoms with van der Waals surface area (Å²) in [6.07, 6.45) is 13.3. The Morgan fingerprint density at radius 1 is 1.62 bits per heavy atom. The zero-order chi connectivity index (χ0) is 11.6. The second-order valence-corrected chi connectivity index (χ2v) is 3.99. The summed E-state index contributed by atoms with van der Waals surface area (Å²) in [4.78, 5) is 11.0. The molecule has 0 radical (unpaired) electrons. The predicted octanol–water partition coefficient (Wildman–Crippen LogP) is 1.60. The van der Waals surface area contributed by atoms with E-state index in [1.54, 1.807) is 6.20 Å². The van der Waals surface area contributed by atoms with E-state index in [0.29, 0.717) is 5.56 Å². The second kappa shape index (κ2) is 3.96. The van der Waals surface area contributed by atoms with Gasteiger partial charge in [-0.1, -0.05) is 31.2 Å². The third kappa shape index (κ3) is 1.66. The van der Waals surface area contributed by atoms with Crippen molar-refractivity contribution in [2.45, 2.75) is 25.3 Å². The largest absolute Gasteiger partial charge is 0.366 e. The molecule has 16 heavy (non-hydrogen) atoms. The summed E-state index contributed by atoms with van der Waals surface area (Å²) in [7, 11) is 0. The van der Waals surface area contributed by atoms with E-state index in [9.17, 15) is 4.79 Å². The van der Waals surface area contributed by atoms with E-state index in [1.807, 2.05) is 16.8 Å². The number of nitrogens with two attached hydrogens (primary N) is 1. The van der Waals surface area contributed by atoms with E-state index in [0.717, 1.165) is 12.8 Å². The standard InChI is InChI=1S/C12H15N3O/c1-2-12(6-4-3-5-7-12)15-9-10(8-14-15)11(13)16/h3-6,8-9H,2,7H2,1H3,(H2,13,16). The SMILES string of the molecule is CCC1(n2cc(C(N)=O)cn2)C=CC=CC1. The summed E-state index contributed by atoms with van der Waals surface area (Å²) >= 11 is 0. The van der Waals surface area contributed by atoms with Crippen LogP contribution in [0.3, 0.4) is 0 Å². The molecule has 0 bridgehead atoms. The Kier molecular flexibility index (Phi) is 2.64. The van der Waals surface area contributed by atoms with E-state index in [1.165, 1.54) is 6.20 Å². The number of allylic oxidation sites excluding steroid dienone is 4. The average Bonchev–Trinajstić information content (AvgIpc) is 2.80. The number of aromatic nitrogens is 2. The van der Waals surface area contributed by atoms with Crippen LogP contribution in [0, 0.1) is 0 Å². The summed E-state index contributed by atoms with van der Waals surface area (Å²) in [5, 5.41) is 4.23. The number of hydrogen-bond acceptors (Lipinski definition) is 2. The highest BCUT2D eigenvalue weighted by Gasteiger charge is 2.28. The summed E-state index contributed by atoms with van der Waals surface area (Å²) in [5.41, 5.74) is 5.52. The van der Waals surface area contributed by atoms with Gasteiger partial charge in [-0.25, -0.2) is 0 Å². The molecule has 0 aromatic carbocycles. The van der Waals surface area contributed by atoms with E-state index >= 15 is 0 Å². The number of amides is 1. The molecule has 0 fully saturated rings. The molecule has 0 saturated carbocycles. The molecule has 0 saturated heterocycles. The maximum Gasteiger partial charge on any atom is 0.251 e. The van der Waals surface area contributed by atoms with Gasteiger partial charge in [0.25, 0.3) is 5.91 Å². The fourth-order valence-corrected chi connectivity index (χ4v) is 1.94. The second-order valence-electron chi connectivity index (χ2n) is 3.99. The molecule has 1 aliphatic carbocycles. The van der Waals surface area contributed by atoms with Crippen molar-refractivity contribution in [1.29, 1.82) is 0 Å². The first kappa shape index (κ1) is 10.7. The minimum absolute atomic E-state index is 0.150. The quantitative estimate of drug-likeness (QED) is 0.836. The van der Waals surface area contributed by atoms with Crippen LogP contribution in [0.1, 0.15) is 30.1 Å².